The molecule has 0 atom stereocenters. The third-order valence-electron chi connectivity index (χ3n) is 4.27. The zero-order valence-corrected chi connectivity index (χ0v) is 15.9. The van der Waals surface area contributed by atoms with Gasteiger partial charge in [0, 0.05) is 43.8 Å². The van der Waals surface area contributed by atoms with E-state index in [1.54, 1.807) is 18.3 Å². The normalized spacial score (nSPS) is 15.1. The molecule has 1 aromatic heterocycles. The first-order valence-electron chi connectivity index (χ1n) is 8.00. The summed E-state index contributed by atoms with van der Waals surface area (Å²) in [6, 6.07) is 12.7. The molecule has 8 heteroatoms. The van der Waals surface area contributed by atoms with Crippen LogP contribution in [0.4, 0.5) is 5.69 Å². The van der Waals surface area contributed by atoms with Crippen LogP contribution >= 0.6 is 24.8 Å². The molecule has 1 aliphatic rings. The first-order chi connectivity index (χ1) is 11.7. The molecular formula is C18H23Cl2N3O3. The molecule has 26 heavy (non-hydrogen) atoms. The number of carbonyl (C=O) groups is 1. The summed E-state index contributed by atoms with van der Waals surface area (Å²) in [5.74, 6) is 1.05. The van der Waals surface area contributed by atoms with Gasteiger partial charge in [-0.05, 0) is 31.0 Å². The monoisotopic (exact) mass is 399 g/mol. The van der Waals surface area contributed by atoms with Gasteiger partial charge >= 0.3 is 0 Å². The lowest BCUT2D eigenvalue weighted by molar-refractivity contribution is -0.130. The molecule has 142 valence electrons. The molecule has 0 spiro atoms. The number of anilines is 1. The Morgan fingerprint density at radius 3 is 2.62 bits per heavy atom. The van der Waals surface area contributed by atoms with Crippen molar-refractivity contribution in [3.8, 4) is 11.6 Å². The van der Waals surface area contributed by atoms with Crippen molar-refractivity contribution in [2.45, 2.75) is 12.8 Å². The van der Waals surface area contributed by atoms with Gasteiger partial charge < -0.3 is 20.5 Å². The van der Waals surface area contributed by atoms with Gasteiger partial charge in [0.05, 0.1) is 5.41 Å². The smallest absolute Gasteiger partial charge is 0.232 e. The van der Waals surface area contributed by atoms with Crippen molar-refractivity contribution < 1.29 is 14.3 Å². The van der Waals surface area contributed by atoms with E-state index in [-0.39, 0.29) is 30.7 Å². The Hall–Kier alpha value is -1.86. The summed E-state index contributed by atoms with van der Waals surface area (Å²) >= 11 is 0. The first-order valence-corrected chi connectivity index (χ1v) is 8.00. The summed E-state index contributed by atoms with van der Waals surface area (Å²) in [6.07, 6.45) is 2.94. The van der Waals surface area contributed by atoms with Crippen molar-refractivity contribution in [1.82, 2.24) is 4.98 Å². The summed E-state index contributed by atoms with van der Waals surface area (Å²) in [6.45, 7) is 1.44. The number of nitrogens with zero attached hydrogens (tertiary/aromatic N) is 1. The molecule has 1 aromatic carbocycles. The Morgan fingerprint density at radius 2 is 1.96 bits per heavy atom. The van der Waals surface area contributed by atoms with Crippen molar-refractivity contribution in [2.24, 2.45) is 11.1 Å². The maximum Gasteiger partial charge on any atom is 0.232 e. The summed E-state index contributed by atoms with van der Waals surface area (Å²) in [4.78, 5) is 16.8. The second-order valence-corrected chi connectivity index (χ2v) is 5.85. The lowest BCUT2D eigenvalue weighted by Crippen LogP contribution is -2.46. The van der Waals surface area contributed by atoms with Gasteiger partial charge in [-0.25, -0.2) is 4.98 Å². The third-order valence-corrected chi connectivity index (χ3v) is 4.27. The molecular weight excluding hydrogens is 377 g/mol. The van der Waals surface area contributed by atoms with Gasteiger partial charge in [0.1, 0.15) is 5.75 Å². The molecule has 2 aromatic rings. The molecule has 0 unspecified atom stereocenters. The molecule has 0 radical (unpaired) electrons. The fourth-order valence-corrected chi connectivity index (χ4v) is 2.72. The van der Waals surface area contributed by atoms with E-state index in [0.717, 1.165) is 0 Å². The van der Waals surface area contributed by atoms with Crippen molar-refractivity contribution in [3.05, 3.63) is 48.7 Å². The minimum absolute atomic E-state index is 0. The highest BCUT2D eigenvalue weighted by molar-refractivity contribution is 5.95. The van der Waals surface area contributed by atoms with E-state index in [1.165, 1.54) is 0 Å². The SMILES string of the molecule is Cl.Cl.NCC1(C(=O)Nc2cccc(Oc3ccccn3)c2)CCOCC1. The Bertz CT molecular complexity index is 695. The summed E-state index contributed by atoms with van der Waals surface area (Å²) in [5.41, 5.74) is 5.99. The largest absolute Gasteiger partial charge is 0.439 e. The number of nitrogens with one attached hydrogen (secondary N) is 1. The van der Waals surface area contributed by atoms with Crippen LogP contribution in [0.2, 0.25) is 0 Å². The Balaban J connectivity index is 0.00000169. The average molecular weight is 400 g/mol. The number of hydrogen-bond donors (Lipinski definition) is 2. The van der Waals surface area contributed by atoms with E-state index < -0.39 is 5.41 Å². The number of amides is 1. The topological polar surface area (TPSA) is 86.5 Å². The fourth-order valence-electron chi connectivity index (χ4n) is 2.72. The van der Waals surface area contributed by atoms with E-state index in [1.807, 2.05) is 30.3 Å². The lowest BCUT2D eigenvalue weighted by atomic mass is 9.79. The minimum Gasteiger partial charge on any atom is -0.439 e. The van der Waals surface area contributed by atoms with Crippen LogP contribution in [0.3, 0.4) is 0 Å². The Kier molecular flexibility index (Phi) is 8.81. The van der Waals surface area contributed by atoms with E-state index in [0.29, 0.717) is 49.9 Å². The predicted octanol–water partition coefficient (Wildman–Crippen LogP) is 3.41. The van der Waals surface area contributed by atoms with Gasteiger partial charge in [-0.1, -0.05) is 12.1 Å². The zero-order valence-electron chi connectivity index (χ0n) is 14.2. The number of ether oxygens (including phenoxy) is 2. The minimum atomic E-state index is -0.559. The van der Waals surface area contributed by atoms with Gasteiger partial charge in [0.2, 0.25) is 11.8 Å². The first kappa shape index (κ1) is 22.2. The molecule has 1 aliphatic heterocycles. The predicted molar refractivity (Wildman–Crippen MR) is 105 cm³/mol. The molecule has 1 fully saturated rings. The van der Waals surface area contributed by atoms with Crippen molar-refractivity contribution >= 4 is 36.4 Å². The third kappa shape index (κ3) is 5.32. The number of halogens is 2. The Morgan fingerprint density at radius 1 is 1.19 bits per heavy atom. The second-order valence-electron chi connectivity index (χ2n) is 5.85. The highest BCUT2D eigenvalue weighted by atomic mass is 35.5. The van der Waals surface area contributed by atoms with Gasteiger partial charge in [-0.3, -0.25) is 4.79 Å². The van der Waals surface area contributed by atoms with Crippen LogP contribution in [0.25, 0.3) is 0 Å². The summed E-state index contributed by atoms with van der Waals surface area (Å²) in [7, 11) is 0. The number of nitrogens with two attached hydrogens (primary N) is 1. The molecule has 1 amide bonds. The van der Waals surface area contributed by atoms with Gasteiger partial charge in [0.15, 0.2) is 0 Å². The summed E-state index contributed by atoms with van der Waals surface area (Å²) < 4.78 is 11.0. The zero-order chi connectivity index (χ0) is 16.8. The number of rotatable bonds is 5. The number of pyridine rings is 1. The number of benzene rings is 1. The van der Waals surface area contributed by atoms with Crippen LogP contribution in [0.1, 0.15) is 12.8 Å². The quantitative estimate of drug-likeness (QED) is 0.803. The van der Waals surface area contributed by atoms with Gasteiger partial charge in [-0.15, -0.1) is 24.8 Å². The van der Waals surface area contributed by atoms with E-state index in [4.69, 9.17) is 15.2 Å². The maximum atomic E-state index is 12.7. The van der Waals surface area contributed by atoms with Gasteiger partial charge in [0.25, 0.3) is 0 Å². The standard InChI is InChI=1S/C18H21N3O3.2ClH/c19-13-18(7-10-23-11-8-18)17(22)21-14-4-3-5-15(12-14)24-16-6-1-2-9-20-16;;/h1-6,9,12H,7-8,10-11,13,19H2,(H,21,22);2*1H. The molecule has 3 N–H and O–H groups in total. The fraction of sp³-hybridized carbons (Fsp3) is 0.333. The van der Waals surface area contributed by atoms with Crippen LogP contribution in [0.15, 0.2) is 48.7 Å². The highest BCUT2D eigenvalue weighted by Crippen LogP contribution is 2.31. The second kappa shape index (κ2) is 10.3. The van der Waals surface area contributed by atoms with Crippen LogP contribution in [0.5, 0.6) is 11.6 Å². The highest BCUT2D eigenvalue weighted by Gasteiger charge is 2.38. The number of aromatic nitrogens is 1. The molecule has 0 bridgehead atoms. The van der Waals surface area contributed by atoms with E-state index >= 15 is 0 Å². The maximum absolute atomic E-state index is 12.7. The van der Waals surface area contributed by atoms with Crippen LogP contribution in [-0.4, -0.2) is 30.6 Å². The van der Waals surface area contributed by atoms with Crippen molar-refractivity contribution in [1.29, 1.82) is 0 Å². The number of carbonyl (C=O) groups excluding carboxylic acids is 1. The average Bonchev–Trinajstić information content (AvgIpc) is 2.63. The van der Waals surface area contributed by atoms with Crippen molar-refractivity contribution in [2.75, 3.05) is 25.1 Å². The molecule has 1 saturated heterocycles. The van der Waals surface area contributed by atoms with E-state index in [9.17, 15) is 4.79 Å². The molecule has 3 rings (SSSR count). The van der Waals surface area contributed by atoms with Gasteiger partial charge in [-0.2, -0.15) is 0 Å². The molecule has 0 aliphatic carbocycles. The van der Waals surface area contributed by atoms with Crippen LogP contribution in [-0.2, 0) is 9.53 Å². The van der Waals surface area contributed by atoms with Crippen LogP contribution < -0.4 is 15.8 Å². The molecule has 6 nitrogen and oxygen atoms in total. The number of hydrogen-bond acceptors (Lipinski definition) is 5. The molecule has 2 heterocycles. The van der Waals surface area contributed by atoms with Crippen molar-refractivity contribution in [3.63, 3.8) is 0 Å². The molecule has 0 saturated carbocycles. The van der Waals surface area contributed by atoms with E-state index in [2.05, 4.69) is 10.3 Å². The van der Waals surface area contributed by atoms with Crippen LogP contribution in [0, 0.1) is 5.41 Å². The lowest BCUT2D eigenvalue weighted by Gasteiger charge is -2.34. The Labute approximate surface area is 165 Å². The summed E-state index contributed by atoms with van der Waals surface area (Å²) in [5, 5.41) is 2.95.